The van der Waals surface area contributed by atoms with Crippen molar-refractivity contribution in [2.24, 2.45) is 0 Å². The van der Waals surface area contributed by atoms with Gasteiger partial charge in [0, 0.05) is 24.4 Å². The second kappa shape index (κ2) is 7.12. The highest BCUT2D eigenvalue weighted by Gasteiger charge is 2.27. The summed E-state index contributed by atoms with van der Waals surface area (Å²) in [7, 11) is 0. The molecule has 1 saturated heterocycles. The van der Waals surface area contributed by atoms with Crippen LogP contribution in [-0.4, -0.2) is 24.2 Å². The Morgan fingerprint density at radius 3 is 2.75 bits per heavy atom. The Morgan fingerprint density at radius 2 is 1.88 bits per heavy atom. The van der Waals surface area contributed by atoms with Crippen molar-refractivity contribution < 1.29 is 4.74 Å². The first kappa shape index (κ1) is 15.3. The monoisotopic (exact) mass is 318 g/mol. The molecule has 1 aliphatic rings. The smallest absolute Gasteiger partial charge is 0.0787 e. The molecule has 0 bridgehead atoms. The van der Waals surface area contributed by atoms with Crippen LogP contribution in [0.2, 0.25) is 0 Å². The topological polar surface area (TPSA) is 34.1 Å². The summed E-state index contributed by atoms with van der Waals surface area (Å²) in [5.41, 5.74) is 2.36. The molecule has 4 rings (SSSR count). The van der Waals surface area contributed by atoms with Crippen molar-refractivity contribution in [3.8, 4) is 0 Å². The van der Waals surface area contributed by atoms with E-state index in [0.29, 0.717) is 12.5 Å². The Bertz CT molecular complexity index is 803. The molecular formula is C21H22N2O. The molecule has 2 atom stereocenters. The Kier molecular flexibility index (Phi) is 4.54. The molecule has 1 aliphatic heterocycles. The van der Waals surface area contributed by atoms with Crippen molar-refractivity contribution in [1.29, 1.82) is 0 Å². The highest BCUT2D eigenvalue weighted by Crippen LogP contribution is 2.27. The van der Waals surface area contributed by atoms with Crippen molar-refractivity contribution in [3.63, 3.8) is 0 Å². The first-order chi connectivity index (χ1) is 11.9. The Morgan fingerprint density at radius 1 is 1.00 bits per heavy atom. The van der Waals surface area contributed by atoms with Gasteiger partial charge in [-0.2, -0.15) is 0 Å². The van der Waals surface area contributed by atoms with Crippen molar-refractivity contribution in [2.75, 3.05) is 13.1 Å². The number of benzene rings is 2. The van der Waals surface area contributed by atoms with Gasteiger partial charge in [-0.1, -0.05) is 42.5 Å². The molecule has 2 heterocycles. The summed E-state index contributed by atoms with van der Waals surface area (Å²) in [5, 5.41) is 5.98. The van der Waals surface area contributed by atoms with Gasteiger partial charge in [0.1, 0.15) is 0 Å². The molecule has 0 spiro atoms. The third kappa shape index (κ3) is 3.32. The van der Waals surface area contributed by atoms with Gasteiger partial charge in [0.2, 0.25) is 0 Å². The molecule has 2 aromatic carbocycles. The lowest BCUT2D eigenvalue weighted by Crippen LogP contribution is -2.41. The SMILES string of the molecule is c1ccc(C2CCNCC2OCc2ccc3ccccc3c2)nc1. The van der Waals surface area contributed by atoms with Gasteiger partial charge in [-0.25, -0.2) is 0 Å². The number of ether oxygens (including phenoxy) is 1. The van der Waals surface area contributed by atoms with E-state index >= 15 is 0 Å². The summed E-state index contributed by atoms with van der Waals surface area (Å²) >= 11 is 0. The fourth-order valence-electron chi connectivity index (χ4n) is 3.47. The third-order valence-corrected chi connectivity index (χ3v) is 4.77. The van der Waals surface area contributed by atoms with Gasteiger partial charge in [0.25, 0.3) is 0 Å². The van der Waals surface area contributed by atoms with Gasteiger partial charge in [-0.15, -0.1) is 0 Å². The minimum Gasteiger partial charge on any atom is -0.372 e. The van der Waals surface area contributed by atoms with E-state index < -0.39 is 0 Å². The van der Waals surface area contributed by atoms with Crippen LogP contribution in [0.1, 0.15) is 23.6 Å². The van der Waals surface area contributed by atoms with Crippen LogP contribution < -0.4 is 5.32 Å². The summed E-state index contributed by atoms with van der Waals surface area (Å²) in [5.74, 6) is 0.368. The number of nitrogens with zero attached hydrogens (tertiary/aromatic N) is 1. The highest BCUT2D eigenvalue weighted by molar-refractivity contribution is 5.82. The molecule has 3 nitrogen and oxygen atoms in total. The molecule has 0 aliphatic carbocycles. The van der Waals surface area contributed by atoms with Crippen molar-refractivity contribution >= 4 is 10.8 Å². The molecule has 24 heavy (non-hydrogen) atoms. The number of rotatable bonds is 4. The molecular weight excluding hydrogens is 296 g/mol. The first-order valence-corrected chi connectivity index (χ1v) is 8.61. The zero-order chi connectivity index (χ0) is 16.2. The van der Waals surface area contributed by atoms with Gasteiger partial charge in [-0.05, 0) is 47.5 Å². The van der Waals surface area contributed by atoms with Crippen LogP contribution in [0.4, 0.5) is 0 Å². The van der Waals surface area contributed by atoms with Crippen LogP contribution in [0.25, 0.3) is 10.8 Å². The lowest BCUT2D eigenvalue weighted by atomic mass is 9.91. The fourth-order valence-corrected chi connectivity index (χ4v) is 3.47. The van der Waals surface area contributed by atoms with E-state index in [4.69, 9.17) is 4.74 Å². The van der Waals surface area contributed by atoms with E-state index in [2.05, 4.69) is 64.9 Å². The van der Waals surface area contributed by atoms with Gasteiger partial charge in [0.05, 0.1) is 12.7 Å². The summed E-state index contributed by atoms with van der Waals surface area (Å²) in [6, 6.07) is 21.1. The number of hydrogen-bond donors (Lipinski definition) is 1. The van der Waals surface area contributed by atoms with Gasteiger partial charge in [0.15, 0.2) is 0 Å². The highest BCUT2D eigenvalue weighted by atomic mass is 16.5. The molecule has 0 radical (unpaired) electrons. The number of pyridine rings is 1. The molecule has 1 N–H and O–H groups in total. The minimum absolute atomic E-state index is 0.167. The van der Waals surface area contributed by atoms with E-state index in [1.54, 1.807) is 0 Å². The normalized spacial score (nSPS) is 21.0. The average Bonchev–Trinajstić information content (AvgIpc) is 2.67. The van der Waals surface area contributed by atoms with Crippen molar-refractivity contribution in [1.82, 2.24) is 10.3 Å². The van der Waals surface area contributed by atoms with Crippen molar-refractivity contribution in [3.05, 3.63) is 78.1 Å². The summed E-state index contributed by atoms with van der Waals surface area (Å²) < 4.78 is 6.28. The van der Waals surface area contributed by atoms with Crippen molar-refractivity contribution in [2.45, 2.75) is 25.0 Å². The Balaban J connectivity index is 1.48. The average molecular weight is 318 g/mol. The molecule has 0 saturated carbocycles. The predicted octanol–water partition coefficient (Wildman–Crippen LogP) is 3.90. The fraction of sp³-hybridized carbons (Fsp3) is 0.286. The number of hydrogen-bond acceptors (Lipinski definition) is 3. The van der Waals surface area contributed by atoms with Crippen LogP contribution in [0, 0.1) is 0 Å². The Hall–Kier alpha value is -2.23. The van der Waals surface area contributed by atoms with Gasteiger partial charge >= 0.3 is 0 Å². The lowest BCUT2D eigenvalue weighted by molar-refractivity contribution is 0.00972. The van der Waals surface area contributed by atoms with E-state index in [1.807, 2.05) is 12.3 Å². The second-order valence-electron chi connectivity index (χ2n) is 6.38. The van der Waals surface area contributed by atoms with E-state index in [0.717, 1.165) is 25.2 Å². The maximum absolute atomic E-state index is 6.28. The van der Waals surface area contributed by atoms with Crippen LogP contribution in [0.15, 0.2) is 66.9 Å². The molecule has 122 valence electrons. The van der Waals surface area contributed by atoms with Crippen LogP contribution in [0.3, 0.4) is 0 Å². The zero-order valence-corrected chi connectivity index (χ0v) is 13.7. The van der Waals surface area contributed by atoms with Gasteiger partial charge in [-0.3, -0.25) is 4.98 Å². The molecule has 2 unspecified atom stereocenters. The standard InChI is InChI=1S/C21H22N2O/c1-2-6-18-13-16(8-9-17(18)5-1)15-24-21-14-22-12-10-19(21)20-7-3-4-11-23-20/h1-9,11,13,19,21-22H,10,12,14-15H2. The molecule has 3 heteroatoms. The van der Waals surface area contributed by atoms with Gasteiger partial charge < -0.3 is 10.1 Å². The quantitative estimate of drug-likeness (QED) is 0.792. The number of piperidine rings is 1. The number of fused-ring (bicyclic) bond motifs is 1. The summed E-state index contributed by atoms with van der Waals surface area (Å²) in [4.78, 5) is 4.54. The molecule has 1 aromatic heterocycles. The summed E-state index contributed by atoms with van der Waals surface area (Å²) in [6.45, 7) is 2.55. The van der Waals surface area contributed by atoms with Crippen LogP contribution >= 0.6 is 0 Å². The maximum Gasteiger partial charge on any atom is 0.0787 e. The molecule has 3 aromatic rings. The lowest BCUT2D eigenvalue weighted by Gasteiger charge is -2.31. The van der Waals surface area contributed by atoms with E-state index in [-0.39, 0.29) is 6.10 Å². The van der Waals surface area contributed by atoms with Crippen LogP contribution in [-0.2, 0) is 11.3 Å². The zero-order valence-electron chi connectivity index (χ0n) is 13.7. The minimum atomic E-state index is 0.167. The van der Waals surface area contributed by atoms with Crippen LogP contribution in [0.5, 0.6) is 0 Å². The second-order valence-corrected chi connectivity index (χ2v) is 6.38. The first-order valence-electron chi connectivity index (χ1n) is 8.61. The van der Waals surface area contributed by atoms with E-state index in [1.165, 1.54) is 16.3 Å². The van der Waals surface area contributed by atoms with E-state index in [9.17, 15) is 0 Å². The predicted molar refractivity (Wildman–Crippen MR) is 97.0 cm³/mol. The number of aromatic nitrogens is 1. The third-order valence-electron chi connectivity index (χ3n) is 4.77. The largest absolute Gasteiger partial charge is 0.372 e. The summed E-state index contributed by atoms with van der Waals surface area (Å²) in [6.07, 6.45) is 3.11. The number of nitrogens with one attached hydrogen (secondary N) is 1. The molecule has 1 fully saturated rings. The maximum atomic E-state index is 6.28. The molecule has 0 amide bonds. The Labute approximate surface area is 142 Å².